The Morgan fingerprint density at radius 2 is 1.11 bits per heavy atom. The second-order valence-corrected chi connectivity index (χ2v) is 8.66. The molecule has 0 fully saturated rings. The minimum absolute atomic E-state index is 0.622. The van der Waals surface area contributed by atoms with Gasteiger partial charge >= 0.3 is 0 Å². The summed E-state index contributed by atoms with van der Waals surface area (Å²) < 4.78 is 6.60. The molecule has 3 heteroatoms. The molecule has 4 aromatic carbocycles. The second-order valence-electron chi connectivity index (χ2n) is 8.66. The fourth-order valence-electron chi connectivity index (χ4n) is 4.36. The number of hydrogen-bond acceptors (Lipinski definition) is 3. The van der Waals surface area contributed by atoms with Crippen LogP contribution >= 0.6 is 0 Å². The SMILES string of the molecule is c1ccc(/C(=N\c2cccc(-c3ccccc3)n2)c2oc(-c3ccccc3)cc2-c2ccccc2)cc1. The first kappa shape index (κ1) is 22.4. The van der Waals surface area contributed by atoms with Crippen molar-refractivity contribution in [3.05, 3.63) is 157 Å². The molecule has 0 atom stereocenters. The third-order valence-corrected chi connectivity index (χ3v) is 6.17. The number of aromatic nitrogens is 1. The van der Waals surface area contributed by atoms with Crippen LogP contribution in [0.15, 0.2) is 155 Å². The molecule has 0 aliphatic heterocycles. The van der Waals surface area contributed by atoms with E-state index in [-0.39, 0.29) is 0 Å². The number of benzene rings is 4. The van der Waals surface area contributed by atoms with Crippen molar-refractivity contribution >= 4 is 11.5 Å². The summed E-state index contributed by atoms with van der Waals surface area (Å²) >= 11 is 0. The Kier molecular flexibility index (Phi) is 6.25. The number of nitrogens with zero attached hydrogens (tertiary/aromatic N) is 2. The summed E-state index contributed by atoms with van der Waals surface area (Å²) in [7, 11) is 0. The van der Waals surface area contributed by atoms with E-state index in [1.165, 1.54) is 0 Å². The van der Waals surface area contributed by atoms with Crippen molar-refractivity contribution in [1.29, 1.82) is 0 Å². The maximum atomic E-state index is 6.60. The maximum Gasteiger partial charge on any atom is 0.161 e. The van der Waals surface area contributed by atoms with E-state index in [9.17, 15) is 0 Å². The molecule has 2 aromatic heterocycles. The molecule has 176 valence electrons. The van der Waals surface area contributed by atoms with Gasteiger partial charge in [-0.2, -0.15) is 0 Å². The highest BCUT2D eigenvalue weighted by Gasteiger charge is 2.21. The van der Waals surface area contributed by atoms with Crippen LogP contribution < -0.4 is 0 Å². The Bertz CT molecular complexity index is 1640. The Balaban J connectivity index is 1.55. The Morgan fingerprint density at radius 1 is 0.541 bits per heavy atom. The fourth-order valence-corrected chi connectivity index (χ4v) is 4.36. The van der Waals surface area contributed by atoms with Gasteiger partial charge in [0.2, 0.25) is 0 Å². The van der Waals surface area contributed by atoms with Gasteiger partial charge in [0.05, 0.1) is 5.69 Å². The van der Waals surface area contributed by atoms with Crippen LogP contribution in [0.1, 0.15) is 11.3 Å². The molecule has 6 aromatic rings. The zero-order chi connectivity index (χ0) is 24.9. The van der Waals surface area contributed by atoms with Gasteiger partial charge in [0.25, 0.3) is 0 Å². The van der Waals surface area contributed by atoms with Crippen molar-refractivity contribution in [3.63, 3.8) is 0 Å². The van der Waals surface area contributed by atoms with Crippen LogP contribution in [0.5, 0.6) is 0 Å². The lowest BCUT2D eigenvalue weighted by Gasteiger charge is -2.09. The quantitative estimate of drug-likeness (QED) is 0.225. The van der Waals surface area contributed by atoms with E-state index < -0.39 is 0 Å². The summed E-state index contributed by atoms with van der Waals surface area (Å²) in [6.45, 7) is 0. The van der Waals surface area contributed by atoms with E-state index >= 15 is 0 Å². The lowest BCUT2D eigenvalue weighted by atomic mass is 9.99. The van der Waals surface area contributed by atoms with Gasteiger partial charge in [-0.1, -0.05) is 127 Å². The Hall–Kier alpha value is -5.02. The molecule has 0 unspecified atom stereocenters. The molecule has 0 spiro atoms. The molecule has 0 amide bonds. The Labute approximate surface area is 216 Å². The molecule has 0 aliphatic carbocycles. The molecule has 3 nitrogen and oxygen atoms in total. The van der Waals surface area contributed by atoms with Crippen molar-refractivity contribution in [2.75, 3.05) is 0 Å². The molecule has 0 saturated heterocycles. The first-order valence-corrected chi connectivity index (χ1v) is 12.3. The van der Waals surface area contributed by atoms with Gasteiger partial charge in [0.15, 0.2) is 11.6 Å². The monoisotopic (exact) mass is 476 g/mol. The molecule has 0 aliphatic rings. The zero-order valence-electron chi connectivity index (χ0n) is 20.2. The maximum absolute atomic E-state index is 6.60. The van der Waals surface area contributed by atoms with Crippen molar-refractivity contribution in [2.24, 2.45) is 4.99 Å². The van der Waals surface area contributed by atoms with Gasteiger partial charge in [0.1, 0.15) is 11.5 Å². The van der Waals surface area contributed by atoms with Crippen LogP contribution in [0.2, 0.25) is 0 Å². The highest BCUT2D eigenvalue weighted by atomic mass is 16.3. The topological polar surface area (TPSA) is 38.4 Å². The molecule has 2 heterocycles. The summed E-state index contributed by atoms with van der Waals surface area (Å²) in [5.41, 5.74) is 6.69. The van der Waals surface area contributed by atoms with Crippen LogP contribution in [0.25, 0.3) is 33.7 Å². The van der Waals surface area contributed by atoms with Crippen LogP contribution in [0.4, 0.5) is 5.82 Å². The minimum atomic E-state index is 0.622. The number of rotatable bonds is 6. The van der Waals surface area contributed by atoms with E-state index in [4.69, 9.17) is 14.4 Å². The van der Waals surface area contributed by atoms with Crippen molar-refractivity contribution in [2.45, 2.75) is 0 Å². The summed E-state index contributed by atoms with van der Waals surface area (Å²) in [5.74, 6) is 2.13. The molecule has 6 rings (SSSR count). The molecule has 37 heavy (non-hydrogen) atoms. The van der Waals surface area contributed by atoms with Gasteiger partial charge in [-0.05, 0) is 23.8 Å². The molecule has 0 bridgehead atoms. The second kappa shape index (κ2) is 10.3. The third kappa shape index (κ3) is 4.89. The molecular formula is C34H24N2O. The van der Waals surface area contributed by atoms with E-state index in [0.29, 0.717) is 11.6 Å². The predicted molar refractivity (Wildman–Crippen MR) is 151 cm³/mol. The van der Waals surface area contributed by atoms with Crippen molar-refractivity contribution < 1.29 is 4.42 Å². The first-order chi connectivity index (χ1) is 18.3. The van der Waals surface area contributed by atoms with Crippen LogP contribution in [0.3, 0.4) is 0 Å². The van der Waals surface area contributed by atoms with E-state index in [1.54, 1.807) is 0 Å². The average Bonchev–Trinajstić information content (AvgIpc) is 3.43. The molecule has 0 radical (unpaired) electrons. The van der Waals surface area contributed by atoms with E-state index in [2.05, 4.69) is 54.6 Å². The van der Waals surface area contributed by atoms with E-state index in [0.717, 1.165) is 45.0 Å². The predicted octanol–water partition coefficient (Wildman–Crippen LogP) is 8.84. The molecule has 0 saturated carbocycles. The van der Waals surface area contributed by atoms with Gasteiger partial charge in [-0.15, -0.1) is 0 Å². The van der Waals surface area contributed by atoms with Crippen molar-refractivity contribution in [1.82, 2.24) is 4.98 Å². The smallest absolute Gasteiger partial charge is 0.161 e. The number of aliphatic imine (C=N–C) groups is 1. The number of furan rings is 1. The number of pyridine rings is 1. The highest BCUT2D eigenvalue weighted by Crippen LogP contribution is 2.35. The van der Waals surface area contributed by atoms with Crippen molar-refractivity contribution in [3.8, 4) is 33.7 Å². The lowest BCUT2D eigenvalue weighted by Crippen LogP contribution is -2.03. The Morgan fingerprint density at radius 3 is 1.76 bits per heavy atom. The molecular weight excluding hydrogens is 452 g/mol. The summed E-state index contributed by atoms with van der Waals surface area (Å²) in [5, 5.41) is 0. The van der Waals surface area contributed by atoms with Gasteiger partial charge < -0.3 is 4.42 Å². The summed E-state index contributed by atoms with van der Waals surface area (Å²) in [6.07, 6.45) is 0. The highest BCUT2D eigenvalue weighted by molar-refractivity contribution is 6.15. The van der Waals surface area contributed by atoms with Crippen LogP contribution in [0, 0.1) is 0 Å². The fraction of sp³-hybridized carbons (Fsp3) is 0. The van der Waals surface area contributed by atoms with Gasteiger partial charge in [0, 0.05) is 22.3 Å². The molecule has 0 N–H and O–H groups in total. The average molecular weight is 477 g/mol. The normalized spacial score (nSPS) is 11.4. The zero-order valence-corrected chi connectivity index (χ0v) is 20.2. The van der Waals surface area contributed by atoms with E-state index in [1.807, 2.05) is 91.0 Å². The minimum Gasteiger partial charge on any atom is -0.454 e. The largest absolute Gasteiger partial charge is 0.454 e. The van der Waals surface area contributed by atoms with Gasteiger partial charge in [-0.25, -0.2) is 9.98 Å². The number of hydrogen-bond donors (Lipinski definition) is 0. The first-order valence-electron chi connectivity index (χ1n) is 12.3. The standard InChI is InChI=1S/C34H24N2O/c1-5-14-25(15-6-1)29-24-31(27-18-9-3-10-19-27)37-34(29)33(28-20-11-4-12-21-28)36-32-23-13-22-30(35-32)26-16-7-2-8-17-26/h1-24H/b36-33+. The van der Waals surface area contributed by atoms with Gasteiger partial charge in [-0.3, -0.25) is 0 Å². The van der Waals surface area contributed by atoms with Crippen LogP contribution in [-0.4, -0.2) is 10.7 Å². The summed E-state index contributed by atoms with van der Waals surface area (Å²) in [6, 6.07) is 48.8. The summed E-state index contributed by atoms with van der Waals surface area (Å²) in [4.78, 5) is 9.96. The van der Waals surface area contributed by atoms with Crippen LogP contribution in [-0.2, 0) is 0 Å². The third-order valence-electron chi connectivity index (χ3n) is 6.17. The lowest BCUT2D eigenvalue weighted by molar-refractivity contribution is 0.573.